The number of carbonyl (C=O) groups is 1. The fourth-order valence-electron chi connectivity index (χ4n) is 3.43. The second kappa shape index (κ2) is 7.64. The van der Waals surface area contributed by atoms with E-state index >= 15 is 0 Å². The van der Waals surface area contributed by atoms with E-state index in [1.165, 1.54) is 24.0 Å². The number of aromatic nitrogens is 2. The molecule has 6 heteroatoms. The van der Waals surface area contributed by atoms with Gasteiger partial charge in [-0.05, 0) is 61.1 Å². The van der Waals surface area contributed by atoms with E-state index in [-0.39, 0.29) is 12.5 Å². The summed E-state index contributed by atoms with van der Waals surface area (Å²) in [6, 6.07) is 13.8. The standard InChI is InChI=1S/C21H20BrN3O2/c1-25(21(26)17-10-9-14-5-2-3-6-15(14)11-17)13-19-23-20(24-27-19)16-7-4-8-18(22)12-16/h4,7-12H,2-3,5-6,13H2,1H3. The van der Waals surface area contributed by atoms with Gasteiger partial charge in [0.15, 0.2) is 0 Å². The summed E-state index contributed by atoms with van der Waals surface area (Å²) in [5.74, 6) is 0.894. The molecule has 5 nitrogen and oxygen atoms in total. The number of benzene rings is 2. The summed E-state index contributed by atoms with van der Waals surface area (Å²) in [5.41, 5.74) is 4.25. The molecule has 0 fully saturated rings. The smallest absolute Gasteiger partial charge is 0.254 e. The van der Waals surface area contributed by atoms with Gasteiger partial charge in [0.25, 0.3) is 5.91 Å². The molecule has 138 valence electrons. The number of hydrogen-bond acceptors (Lipinski definition) is 4. The first-order chi connectivity index (χ1) is 13.1. The highest BCUT2D eigenvalue weighted by Gasteiger charge is 2.18. The lowest BCUT2D eigenvalue weighted by molar-refractivity contribution is 0.0769. The number of halogens is 1. The number of hydrogen-bond donors (Lipinski definition) is 0. The van der Waals surface area contributed by atoms with Crippen LogP contribution in [0, 0.1) is 0 Å². The predicted octanol–water partition coefficient (Wildman–Crippen LogP) is 4.65. The molecule has 2 aromatic carbocycles. The lowest BCUT2D eigenvalue weighted by Crippen LogP contribution is -2.26. The van der Waals surface area contributed by atoms with Crippen molar-refractivity contribution in [3.63, 3.8) is 0 Å². The van der Waals surface area contributed by atoms with Gasteiger partial charge < -0.3 is 9.42 Å². The molecule has 0 saturated carbocycles. The van der Waals surface area contributed by atoms with E-state index < -0.39 is 0 Å². The molecule has 27 heavy (non-hydrogen) atoms. The van der Waals surface area contributed by atoms with E-state index in [1.807, 2.05) is 36.4 Å². The normalized spacial score (nSPS) is 13.3. The van der Waals surface area contributed by atoms with Crippen LogP contribution >= 0.6 is 15.9 Å². The molecule has 1 aromatic heterocycles. The van der Waals surface area contributed by atoms with Gasteiger partial charge in [0, 0.05) is 22.6 Å². The van der Waals surface area contributed by atoms with Crippen LogP contribution in [-0.4, -0.2) is 28.0 Å². The van der Waals surface area contributed by atoms with Gasteiger partial charge in [0.1, 0.15) is 0 Å². The Hall–Kier alpha value is -2.47. The first kappa shape index (κ1) is 17.9. The molecular formula is C21H20BrN3O2. The Kier molecular flexibility index (Phi) is 5.07. The molecule has 0 N–H and O–H groups in total. The van der Waals surface area contributed by atoms with Crippen LogP contribution < -0.4 is 0 Å². The summed E-state index contributed by atoms with van der Waals surface area (Å²) in [7, 11) is 1.75. The maximum absolute atomic E-state index is 12.8. The molecule has 0 spiro atoms. The molecule has 1 aliphatic rings. The zero-order valence-corrected chi connectivity index (χ0v) is 16.7. The Morgan fingerprint density at radius 2 is 1.96 bits per heavy atom. The molecule has 0 atom stereocenters. The molecule has 3 aromatic rings. The molecular weight excluding hydrogens is 406 g/mol. The van der Waals surface area contributed by atoms with Crippen LogP contribution in [-0.2, 0) is 19.4 Å². The van der Waals surface area contributed by atoms with Crippen LogP contribution in [0.25, 0.3) is 11.4 Å². The third kappa shape index (κ3) is 3.95. The van der Waals surface area contributed by atoms with Crippen molar-refractivity contribution in [1.82, 2.24) is 15.0 Å². The largest absolute Gasteiger partial charge is 0.337 e. The van der Waals surface area contributed by atoms with E-state index in [0.29, 0.717) is 17.3 Å². The van der Waals surface area contributed by atoms with E-state index in [0.717, 1.165) is 22.9 Å². The highest BCUT2D eigenvalue weighted by Crippen LogP contribution is 2.23. The van der Waals surface area contributed by atoms with Crippen LogP contribution in [0.2, 0.25) is 0 Å². The summed E-state index contributed by atoms with van der Waals surface area (Å²) in [6.45, 7) is 0.275. The molecule has 0 bridgehead atoms. The van der Waals surface area contributed by atoms with Crippen LogP contribution in [0.5, 0.6) is 0 Å². The molecule has 0 aliphatic heterocycles. The van der Waals surface area contributed by atoms with E-state index in [1.54, 1.807) is 11.9 Å². The fraction of sp³-hybridized carbons (Fsp3) is 0.286. The van der Waals surface area contributed by atoms with Crippen molar-refractivity contribution in [2.45, 2.75) is 32.2 Å². The maximum atomic E-state index is 12.8. The number of carbonyl (C=O) groups excluding carboxylic acids is 1. The third-order valence-electron chi connectivity index (χ3n) is 4.87. The molecule has 1 amide bonds. The SMILES string of the molecule is CN(Cc1nc(-c2cccc(Br)c2)no1)C(=O)c1ccc2c(c1)CCCC2. The van der Waals surface area contributed by atoms with Crippen LogP contribution in [0.4, 0.5) is 0 Å². The van der Waals surface area contributed by atoms with Crippen LogP contribution in [0.1, 0.15) is 40.2 Å². The highest BCUT2D eigenvalue weighted by atomic mass is 79.9. The van der Waals surface area contributed by atoms with Crippen molar-refractivity contribution in [1.29, 1.82) is 0 Å². The lowest BCUT2D eigenvalue weighted by atomic mass is 9.90. The average molecular weight is 426 g/mol. The monoisotopic (exact) mass is 425 g/mol. The van der Waals surface area contributed by atoms with Crippen molar-refractivity contribution in [3.05, 3.63) is 69.5 Å². The van der Waals surface area contributed by atoms with Gasteiger partial charge in [-0.25, -0.2) is 0 Å². The Balaban J connectivity index is 1.47. The maximum Gasteiger partial charge on any atom is 0.254 e. The number of aryl methyl sites for hydroxylation is 2. The number of nitrogens with zero attached hydrogens (tertiary/aromatic N) is 3. The second-order valence-electron chi connectivity index (χ2n) is 6.87. The summed E-state index contributed by atoms with van der Waals surface area (Å²) < 4.78 is 6.29. The summed E-state index contributed by atoms with van der Waals surface area (Å²) in [5, 5.41) is 4.03. The Morgan fingerprint density at radius 1 is 1.15 bits per heavy atom. The summed E-state index contributed by atoms with van der Waals surface area (Å²) >= 11 is 3.44. The fourth-order valence-corrected chi connectivity index (χ4v) is 3.82. The number of amides is 1. The highest BCUT2D eigenvalue weighted by molar-refractivity contribution is 9.10. The van der Waals surface area contributed by atoms with Crippen LogP contribution in [0.3, 0.4) is 0 Å². The topological polar surface area (TPSA) is 59.2 Å². The van der Waals surface area contributed by atoms with Gasteiger partial charge in [-0.1, -0.05) is 39.3 Å². The van der Waals surface area contributed by atoms with Gasteiger partial charge in [-0.15, -0.1) is 0 Å². The van der Waals surface area contributed by atoms with E-state index in [9.17, 15) is 4.79 Å². The van der Waals surface area contributed by atoms with Crippen LogP contribution in [0.15, 0.2) is 51.5 Å². The van der Waals surface area contributed by atoms with Gasteiger partial charge >= 0.3 is 0 Å². The van der Waals surface area contributed by atoms with E-state index in [2.05, 4.69) is 32.1 Å². The molecule has 1 heterocycles. The lowest BCUT2D eigenvalue weighted by Gasteiger charge is -2.19. The van der Waals surface area contributed by atoms with Gasteiger partial charge in [0.2, 0.25) is 11.7 Å². The Morgan fingerprint density at radius 3 is 2.78 bits per heavy atom. The van der Waals surface area contributed by atoms with Gasteiger partial charge in [-0.3, -0.25) is 4.79 Å². The molecule has 0 unspecified atom stereocenters. The molecule has 0 radical (unpaired) electrons. The average Bonchev–Trinajstić information content (AvgIpc) is 3.15. The summed E-state index contributed by atoms with van der Waals surface area (Å²) in [4.78, 5) is 18.8. The van der Waals surface area contributed by atoms with Crippen molar-refractivity contribution in [2.75, 3.05) is 7.05 Å². The number of fused-ring (bicyclic) bond motifs is 1. The van der Waals surface area contributed by atoms with E-state index in [4.69, 9.17) is 4.52 Å². The molecule has 0 saturated heterocycles. The number of rotatable bonds is 4. The van der Waals surface area contributed by atoms with Crippen molar-refractivity contribution in [3.8, 4) is 11.4 Å². The zero-order valence-electron chi connectivity index (χ0n) is 15.1. The Labute approximate surface area is 166 Å². The minimum Gasteiger partial charge on any atom is -0.337 e. The first-order valence-corrected chi connectivity index (χ1v) is 9.85. The second-order valence-corrected chi connectivity index (χ2v) is 7.79. The van der Waals surface area contributed by atoms with Crippen molar-refractivity contribution < 1.29 is 9.32 Å². The molecule has 4 rings (SSSR count). The predicted molar refractivity (Wildman–Crippen MR) is 106 cm³/mol. The first-order valence-electron chi connectivity index (χ1n) is 9.06. The van der Waals surface area contributed by atoms with Crippen molar-refractivity contribution in [2.24, 2.45) is 0 Å². The minimum atomic E-state index is -0.0365. The zero-order chi connectivity index (χ0) is 18.8. The van der Waals surface area contributed by atoms with Crippen molar-refractivity contribution >= 4 is 21.8 Å². The minimum absolute atomic E-state index is 0.0365. The van der Waals surface area contributed by atoms with Gasteiger partial charge in [0.05, 0.1) is 6.54 Å². The Bertz CT molecular complexity index is 983. The third-order valence-corrected chi connectivity index (χ3v) is 5.36. The van der Waals surface area contributed by atoms with Gasteiger partial charge in [-0.2, -0.15) is 4.98 Å². The summed E-state index contributed by atoms with van der Waals surface area (Å²) in [6.07, 6.45) is 4.60. The quantitative estimate of drug-likeness (QED) is 0.610. The molecule has 1 aliphatic carbocycles.